The van der Waals surface area contributed by atoms with Crippen molar-refractivity contribution in [2.45, 2.75) is 11.8 Å². The van der Waals surface area contributed by atoms with Gasteiger partial charge in [-0.05, 0) is 30.3 Å². The third-order valence-corrected chi connectivity index (χ3v) is 2.53. The van der Waals surface area contributed by atoms with Crippen LogP contribution in [-0.2, 0) is 0 Å². The summed E-state index contributed by atoms with van der Waals surface area (Å²) < 4.78 is 0. The molecule has 0 bridgehead atoms. The summed E-state index contributed by atoms with van der Waals surface area (Å²) >= 11 is 1.26. The molecule has 1 rings (SSSR count). The van der Waals surface area contributed by atoms with Crippen molar-refractivity contribution in [1.82, 2.24) is 0 Å². The molecule has 0 saturated heterocycles. The van der Waals surface area contributed by atoms with Gasteiger partial charge in [-0.3, -0.25) is 10.1 Å². The maximum absolute atomic E-state index is 10.1. The van der Waals surface area contributed by atoms with Crippen molar-refractivity contribution in [3.8, 4) is 0 Å². The van der Waals surface area contributed by atoms with Crippen LogP contribution < -0.4 is 0 Å². The van der Waals surface area contributed by atoms with Crippen LogP contribution >= 0.6 is 11.8 Å². The van der Waals surface area contributed by atoms with Crippen molar-refractivity contribution in [3.63, 3.8) is 0 Å². The fourth-order valence-electron chi connectivity index (χ4n) is 0.841. The molecular weight excluding hydrogens is 174 g/mol. The number of nitro groups is 1. The Morgan fingerprint density at radius 2 is 2.17 bits per heavy atom. The highest BCUT2D eigenvalue weighted by Gasteiger charge is 2.01. The predicted molar refractivity (Wildman–Crippen MR) is 48.9 cm³/mol. The average Bonchev–Trinajstić information content (AvgIpc) is 2.03. The number of aryl methyl sites for hydroxylation is 1. The Bertz CT molecular complexity index is 288. The minimum absolute atomic E-state index is 0.0646. The van der Waals surface area contributed by atoms with E-state index in [1.807, 2.05) is 31.2 Å². The maximum Gasteiger partial charge on any atom is 0.253 e. The van der Waals surface area contributed by atoms with Crippen LogP contribution in [0.1, 0.15) is 5.56 Å². The second-order valence-corrected chi connectivity index (χ2v) is 3.36. The van der Waals surface area contributed by atoms with Crippen molar-refractivity contribution < 1.29 is 4.92 Å². The van der Waals surface area contributed by atoms with Gasteiger partial charge in [0.1, 0.15) is 0 Å². The molecule has 1 aromatic rings. The number of nitrogens with zero attached hydrogens (tertiary/aromatic N) is 1. The second-order valence-electron chi connectivity index (χ2n) is 2.37. The molecule has 0 atom stereocenters. The lowest BCUT2D eigenvalue weighted by atomic mass is 10.2. The highest BCUT2D eigenvalue weighted by Crippen LogP contribution is 2.21. The molecule has 0 heterocycles. The van der Waals surface area contributed by atoms with Gasteiger partial charge in [-0.2, -0.15) is 0 Å². The molecule has 0 N–H and O–H groups in total. The number of hydrogen-bond acceptors (Lipinski definition) is 3. The van der Waals surface area contributed by atoms with E-state index in [4.69, 9.17) is 0 Å². The molecule has 0 amide bonds. The van der Waals surface area contributed by atoms with E-state index in [1.54, 1.807) is 0 Å². The van der Waals surface area contributed by atoms with E-state index in [0.29, 0.717) is 0 Å². The van der Waals surface area contributed by atoms with Gasteiger partial charge in [0.25, 0.3) is 5.88 Å². The van der Waals surface area contributed by atoms with Gasteiger partial charge >= 0.3 is 0 Å². The van der Waals surface area contributed by atoms with Gasteiger partial charge in [-0.25, -0.2) is 0 Å². The first-order valence-electron chi connectivity index (χ1n) is 3.50. The molecule has 4 heteroatoms. The summed E-state index contributed by atoms with van der Waals surface area (Å²) in [7, 11) is 0. The molecule has 1 aromatic carbocycles. The quantitative estimate of drug-likeness (QED) is 0.312. The third kappa shape index (κ3) is 2.54. The molecular formula is C8H9NO2S. The number of hydrogen-bond donors (Lipinski definition) is 0. The van der Waals surface area contributed by atoms with Crippen molar-refractivity contribution in [1.29, 1.82) is 0 Å². The molecule has 12 heavy (non-hydrogen) atoms. The van der Waals surface area contributed by atoms with Crippen LogP contribution in [0.4, 0.5) is 0 Å². The monoisotopic (exact) mass is 183 g/mol. The topological polar surface area (TPSA) is 43.1 Å². The lowest BCUT2D eigenvalue weighted by Crippen LogP contribution is -1.95. The summed E-state index contributed by atoms with van der Waals surface area (Å²) in [5, 5.41) is 10.1. The zero-order chi connectivity index (χ0) is 8.97. The van der Waals surface area contributed by atoms with Crippen molar-refractivity contribution in [2.24, 2.45) is 0 Å². The molecule has 0 aromatic heterocycles. The summed E-state index contributed by atoms with van der Waals surface area (Å²) in [6.07, 6.45) is 0. The first-order chi connectivity index (χ1) is 5.70. The predicted octanol–water partition coefficient (Wildman–Crippen LogP) is 2.32. The fourth-order valence-corrected chi connectivity index (χ4v) is 1.56. The summed E-state index contributed by atoms with van der Waals surface area (Å²) in [6.45, 7) is 1.95. The average molecular weight is 183 g/mol. The van der Waals surface area contributed by atoms with E-state index in [9.17, 15) is 10.1 Å². The summed E-state index contributed by atoms with van der Waals surface area (Å²) in [5.74, 6) is -0.0646. The Labute approximate surface area is 74.9 Å². The van der Waals surface area contributed by atoms with Gasteiger partial charge in [0.2, 0.25) is 0 Å². The Morgan fingerprint density at radius 1 is 1.50 bits per heavy atom. The lowest BCUT2D eigenvalue weighted by Gasteiger charge is -1.99. The molecule has 0 unspecified atom stereocenters. The maximum atomic E-state index is 10.1. The smallest absolute Gasteiger partial charge is 0.253 e. The van der Waals surface area contributed by atoms with E-state index < -0.39 is 0 Å². The molecule has 0 fully saturated rings. The van der Waals surface area contributed by atoms with Gasteiger partial charge in [-0.1, -0.05) is 18.2 Å². The van der Waals surface area contributed by atoms with Crippen molar-refractivity contribution in [3.05, 3.63) is 39.9 Å². The van der Waals surface area contributed by atoms with Crippen molar-refractivity contribution >= 4 is 11.8 Å². The Balaban J connectivity index is 2.63. The Hall–Kier alpha value is -1.03. The lowest BCUT2D eigenvalue weighted by molar-refractivity contribution is -0.456. The van der Waals surface area contributed by atoms with Gasteiger partial charge in [0, 0.05) is 9.82 Å². The summed E-state index contributed by atoms with van der Waals surface area (Å²) in [4.78, 5) is 10.7. The molecule has 0 aliphatic heterocycles. The van der Waals surface area contributed by atoms with Crippen LogP contribution in [0.25, 0.3) is 0 Å². The SMILES string of the molecule is Cc1ccccc1SC[N+](=O)[O-]. The fraction of sp³-hybridized carbons (Fsp3) is 0.250. The Morgan fingerprint density at radius 3 is 2.75 bits per heavy atom. The highest BCUT2D eigenvalue weighted by atomic mass is 32.2. The molecule has 0 aliphatic carbocycles. The highest BCUT2D eigenvalue weighted by molar-refractivity contribution is 7.99. The summed E-state index contributed by atoms with van der Waals surface area (Å²) in [5.41, 5.74) is 1.09. The van der Waals surface area contributed by atoms with E-state index in [-0.39, 0.29) is 10.8 Å². The standard InChI is InChI=1S/C8H9NO2S/c1-7-4-2-3-5-8(7)12-6-9(10)11/h2-5H,6H2,1H3. The van der Waals surface area contributed by atoms with Crippen LogP contribution in [-0.4, -0.2) is 10.8 Å². The van der Waals surface area contributed by atoms with E-state index in [0.717, 1.165) is 10.5 Å². The molecule has 0 aliphatic rings. The minimum Gasteiger partial charge on any atom is -0.264 e. The minimum atomic E-state index is -0.322. The molecule has 3 nitrogen and oxygen atoms in total. The van der Waals surface area contributed by atoms with Gasteiger partial charge in [0.15, 0.2) is 0 Å². The first kappa shape index (κ1) is 9.06. The normalized spacial score (nSPS) is 9.75. The Kier molecular flexibility index (Phi) is 3.10. The van der Waals surface area contributed by atoms with Crippen LogP contribution in [0.15, 0.2) is 29.2 Å². The van der Waals surface area contributed by atoms with Crippen LogP contribution in [0.5, 0.6) is 0 Å². The molecule has 0 radical (unpaired) electrons. The largest absolute Gasteiger partial charge is 0.264 e. The second kappa shape index (κ2) is 4.11. The molecule has 64 valence electrons. The first-order valence-corrected chi connectivity index (χ1v) is 4.49. The molecule has 0 saturated carbocycles. The van der Waals surface area contributed by atoms with E-state index in [2.05, 4.69) is 0 Å². The zero-order valence-corrected chi connectivity index (χ0v) is 7.50. The van der Waals surface area contributed by atoms with Crippen molar-refractivity contribution in [2.75, 3.05) is 5.88 Å². The third-order valence-electron chi connectivity index (χ3n) is 1.42. The van der Waals surface area contributed by atoms with E-state index in [1.165, 1.54) is 11.8 Å². The van der Waals surface area contributed by atoms with Crippen LogP contribution in [0, 0.1) is 17.0 Å². The number of thioether (sulfide) groups is 1. The zero-order valence-electron chi connectivity index (χ0n) is 6.69. The van der Waals surface area contributed by atoms with Crippen LogP contribution in [0.2, 0.25) is 0 Å². The number of benzene rings is 1. The van der Waals surface area contributed by atoms with Gasteiger partial charge in [0.05, 0.1) is 0 Å². The molecule has 0 spiro atoms. The summed E-state index contributed by atoms with van der Waals surface area (Å²) in [6, 6.07) is 7.65. The van der Waals surface area contributed by atoms with Crippen LogP contribution in [0.3, 0.4) is 0 Å². The van der Waals surface area contributed by atoms with Gasteiger partial charge in [-0.15, -0.1) is 0 Å². The van der Waals surface area contributed by atoms with E-state index >= 15 is 0 Å². The number of rotatable bonds is 3. The van der Waals surface area contributed by atoms with Gasteiger partial charge < -0.3 is 0 Å².